The first kappa shape index (κ1) is 28.7. The Bertz CT molecular complexity index is 1650. The van der Waals surface area contributed by atoms with Crippen LogP contribution in [0.3, 0.4) is 0 Å². The van der Waals surface area contributed by atoms with E-state index >= 15 is 0 Å². The summed E-state index contributed by atoms with van der Waals surface area (Å²) in [5.74, 6) is -3.25. The maximum absolute atomic E-state index is 14.3. The Balaban J connectivity index is 2.23. The van der Waals surface area contributed by atoms with E-state index in [1.807, 2.05) is 0 Å². The van der Waals surface area contributed by atoms with Gasteiger partial charge < -0.3 is 0 Å². The lowest BCUT2D eigenvalue weighted by atomic mass is 10.1. The van der Waals surface area contributed by atoms with E-state index in [0.29, 0.717) is 29.8 Å². The molecular formula is C22H18F5NO6S3. The Labute approximate surface area is 209 Å². The molecule has 200 valence electrons. The summed E-state index contributed by atoms with van der Waals surface area (Å²) in [7, 11) is -13.9. The number of halogens is 5. The third-order valence-electron chi connectivity index (χ3n) is 5.12. The quantitative estimate of drug-likeness (QED) is 0.416. The van der Waals surface area contributed by atoms with Crippen molar-refractivity contribution in [2.75, 3.05) is 6.26 Å². The average molecular weight is 584 g/mol. The number of sulfone groups is 2. The average Bonchev–Trinajstić information content (AvgIpc) is 2.76. The molecule has 37 heavy (non-hydrogen) atoms. The summed E-state index contributed by atoms with van der Waals surface area (Å²) < 4.78 is 147. The van der Waals surface area contributed by atoms with Crippen LogP contribution >= 0.6 is 0 Å². The van der Waals surface area contributed by atoms with Crippen molar-refractivity contribution >= 4 is 29.7 Å². The van der Waals surface area contributed by atoms with Crippen LogP contribution < -0.4 is 4.72 Å². The summed E-state index contributed by atoms with van der Waals surface area (Å²) in [5, 5.41) is 0. The van der Waals surface area contributed by atoms with Crippen molar-refractivity contribution < 1.29 is 47.2 Å². The van der Waals surface area contributed by atoms with Crippen molar-refractivity contribution in [3.8, 4) is 0 Å². The molecule has 1 atom stereocenters. The molecule has 0 spiro atoms. The van der Waals surface area contributed by atoms with Crippen molar-refractivity contribution in [2.24, 2.45) is 0 Å². The number of nitrogens with one attached hydrogen (secondary N) is 1. The number of hydrogen-bond donors (Lipinski definition) is 1. The molecule has 3 rings (SSSR count). The van der Waals surface area contributed by atoms with E-state index in [1.165, 1.54) is 19.1 Å². The summed E-state index contributed by atoms with van der Waals surface area (Å²) in [6.07, 6.45) is -4.20. The Kier molecular flexibility index (Phi) is 7.58. The SMILES string of the molecule is C[C@H](NS(C)(=O)=O)c1ccc(S(=O)(=O)c2ccc(C(F)(F)F)cc2S(=O)(=O)c2c(F)cccc2F)cc1. The normalized spacial score (nSPS) is 13.9. The fourth-order valence-electron chi connectivity index (χ4n) is 3.42. The Morgan fingerprint density at radius 3 is 1.78 bits per heavy atom. The highest BCUT2D eigenvalue weighted by molar-refractivity contribution is 7.94. The number of benzene rings is 3. The lowest BCUT2D eigenvalue weighted by Gasteiger charge is -2.16. The molecule has 0 aromatic heterocycles. The van der Waals surface area contributed by atoms with Crippen LogP contribution in [-0.4, -0.2) is 31.5 Å². The lowest BCUT2D eigenvalue weighted by Crippen LogP contribution is -2.25. The second kappa shape index (κ2) is 9.78. The molecule has 0 aliphatic rings. The van der Waals surface area contributed by atoms with Crippen LogP contribution in [0.25, 0.3) is 0 Å². The number of sulfonamides is 1. The van der Waals surface area contributed by atoms with Crippen molar-refractivity contribution in [3.63, 3.8) is 0 Å². The molecule has 0 fully saturated rings. The second-order valence-corrected chi connectivity index (χ2v) is 13.5. The predicted octanol–water partition coefficient (Wildman–Crippen LogP) is 4.26. The smallest absolute Gasteiger partial charge is 0.218 e. The van der Waals surface area contributed by atoms with Gasteiger partial charge in [-0.1, -0.05) is 18.2 Å². The fraction of sp³-hybridized carbons (Fsp3) is 0.182. The highest BCUT2D eigenvalue weighted by Gasteiger charge is 2.38. The van der Waals surface area contributed by atoms with Crippen LogP contribution in [-0.2, 0) is 35.9 Å². The van der Waals surface area contributed by atoms with Crippen molar-refractivity contribution in [2.45, 2.75) is 38.7 Å². The maximum atomic E-state index is 14.3. The molecular weight excluding hydrogens is 565 g/mol. The molecule has 1 N–H and O–H groups in total. The summed E-state index contributed by atoms with van der Waals surface area (Å²) in [6.45, 7) is 1.47. The summed E-state index contributed by atoms with van der Waals surface area (Å²) in [6, 6.07) is 6.29. The van der Waals surface area contributed by atoms with Gasteiger partial charge in [0.1, 0.15) is 16.5 Å². The van der Waals surface area contributed by atoms with Crippen molar-refractivity contribution in [1.29, 1.82) is 0 Å². The molecule has 0 unspecified atom stereocenters. The van der Waals surface area contributed by atoms with Gasteiger partial charge in [-0.25, -0.2) is 38.8 Å². The predicted molar refractivity (Wildman–Crippen MR) is 122 cm³/mol. The minimum atomic E-state index is -5.45. The zero-order chi connectivity index (χ0) is 28.0. The standard InChI is InChI=1S/C22H18F5NO6S3/c1-13(28-35(2,29)30)14-6-9-16(10-7-14)36(31,32)19-11-8-15(22(25,26)27)12-20(19)37(33,34)21-17(23)4-3-5-18(21)24/h3-13,28H,1-2H3/t13-/m0/s1. The third kappa shape index (κ3) is 6.00. The van der Waals surface area contributed by atoms with E-state index < -0.39 is 78.7 Å². The molecule has 0 heterocycles. The Hall–Kier alpha value is -2.88. The van der Waals surface area contributed by atoms with Crippen molar-refractivity contribution in [1.82, 2.24) is 4.72 Å². The topological polar surface area (TPSA) is 114 Å². The van der Waals surface area contributed by atoms with Gasteiger partial charge in [0.2, 0.25) is 29.7 Å². The van der Waals surface area contributed by atoms with Gasteiger partial charge in [-0.3, -0.25) is 0 Å². The molecule has 7 nitrogen and oxygen atoms in total. The third-order valence-corrected chi connectivity index (χ3v) is 9.70. The largest absolute Gasteiger partial charge is 0.416 e. The van der Waals surface area contributed by atoms with Crippen LogP contribution in [0.2, 0.25) is 0 Å². The fourth-order valence-corrected chi connectivity index (χ4v) is 7.66. The summed E-state index contributed by atoms with van der Waals surface area (Å²) >= 11 is 0. The Morgan fingerprint density at radius 2 is 1.30 bits per heavy atom. The summed E-state index contributed by atoms with van der Waals surface area (Å²) in [5.41, 5.74) is -1.24. The van der Waals surface area contributed by atoms with Crippen LogP contribution in [0.5, 0.6) is 0 Å². The van der Waals surface area contributed by atoms with E-state index in [0.717, 1.165) is 24.5 Å². The van der Waals surface area contributed by atoms with Gasteiger partial charge in [-0.05, 0) is 55.0 Å². The number of hydrogen-bond acceptors (Lipinski definition) is 6. The molecule has 0 saturated carbocycles. The van der Waals surface area contributed by atoms with E-state index in [4.69, 9.17) is 0 Å². The lowest BCUT2D eigenvalue weighted by molar-refractivity contribution is -0.137. The van der Waals surface area contributed by atoms with Gasteiger partial charge in [0.05, 0.1) is 26.5 Å². The zero-order valence-electron chi connectivity index (χ0n) is 18.9. The molecule has 15 heteroatoms. The molecule has 3 aromatic carbocycles. The van der Waals surface area contributed by atoms with Crippen LogP contribution in [0.1, 0.15) is 24.1 Å². The molecule has 3 aromatic rings. The molecule has 0 aliphatic carbocycles. The number of alkyl halides is 3. The molecule has 0 saturated heterocycles. The molecule has 0 bridgehead atoms. The minimum Gasteiger partial charge on any atom is -0.218 e. The first-order valence-electron chi connectivity index (χ1n) is 10.1. The van der Waals surface area contributed by atoms with Gasteiger partial charge in [-0.15, -0.1) is 0 Å². The van der Waals surface area contributed by atoms with Crippen LogP contribution in [0.15, 0.2) is 80.2 Å². The van der Waals surface area contributed by atoms with Crippen molar-refractivity contribution in [3.05, 3.63) is 83.4 Å². The van der Waals surface area contributed by atoms with E-state index in [2.05, 4.69) is 4.72 Å². The van der Waals surface area contributed by atoms with Gasteiger partial charge in [0, 0.05) is 6.04 Å². The minimum absolute atomic E-state index is 0.000563. The Morgan fingerprint density at radius 1 is 0.757 bits per heavy atom. The van der Waals surface area contributed by atoms with Crippen LogP contribution in [0.4, 0.5) is 22.0 Å². The van der Waals surface area contributed by atoms with E-state index in [1.54, 1.807) is 0 Å². The van der Waals surface area contributed by atoms with E-state index in [9.17, 15) is 47.2 Å². The van der Waals surface area contributed by atoms with Gasteiger partial charge in [0.15, 0.2) is 0 Å². The summed E-state index contributed by atoms with van der Waals surface area (Å²) in [4.78, 5) is -4.78. The van der Waals surface area contributed by atoms with Gasteiger partial charge in [0.25, 0.3) is 0 Å². The second-order valence-electron chi connectivity index (χ2n) is 7.90. The molecule has 0 amide bonds. The highest BCUT2D eigenvalue weighted by Crippen LogP contribution is 2.38. The van der Waals surface area contributed by atoms with Crippen LogP contribution in [0, 0.1) is 11.6 Å². The molecule has 0 radical (unpaired) electrons. The highest BCUT2D eigenvalue weighted by atomic mass is 32.2. The monoisotopic (exact) mass is 583 g/mol. The number of rotatable bonds is 7. The maximum Gasteiger partial charge on any atom is 0.416 e. The first-order chi connectivity index (χ1) is 16.9. The van der Waals surface area contributed by atoms with Gasteiger partial charge >= 0.3 is 6.18 Å². The zero-order valence-corrected chi connectivity index (χ0v) is 21.4. The van der Waals surface area contributed by atoms with Gasteiger partial charge in [-0.2, -0.15) is 13.2 Å². The van der Waals surface area contributed by atoms with E-state index in [-0.39, 0.29) is 6.07 Å². The first-order valence-corrected chi connectivity index (χ1v) is 14.9. The molecule has 0 aliphatic heterocycles.